The van der Waals surface area contributed by atoms with E-state index in [-0.39, 0.29) is 12.5 Å². The Hall–Kier alpha value is -2.79. The lowest BCUT2D eigenvalue weighted by Crippen LogP contribution is -2.20. The van der Waals surface area contributed by atoms with E-state index < -0.39 is 0 Å². The summed E-state index contributed by atoms with van der Waals surface area (Å²) in [5.74, 6) is 1.87. The molecule has 3 rings (SSSR count). The van der Waals surface area contributed by atoms with Crippen LogP contribution in [0.5, 0.6) is 17.2 Å². The minimum atomic E-state index is -0.229. The predicted molar refractivity (Wildman–Crippen MR) is 101 cm³/mol. The number of nitrogens with one attached hydrogen (secondary N) is 1. The van der Waals surface area contributed by atoms with Crippen molar-refractivity contribution in [1.29, 1.82) is 0 Å². The third kappa shape index (κ3) is 5.09. The zero-order chi connectivity index (χ0) is 17.5. The van der Waals surface area contributed by atoms with Crippen LogP contribution in [0, 0.1) is 0 Å². The summed E-state index contributed by atoms with van der Waals surface area (Å²) in [6.45, 7) is -0.0646. The molecule has 4 nitrogen and oxygen atoms in total. The van der Waals surface area contributed by atoms with Gasteiger partial charge in [0.2, 0.25) is 0 Å². The first kappa shape index (κ1) is 17.0. The van der Waals surface area contributed by atoms with E-state index >= 15 is 0 Å². The first-order chi connectivity index (χ1) is 12.2. The number of benzene rings is 3. The first-order valence-corrected chi connectivity index (χ1v) is 8.50. The fraction of sp³-hybridized carbons (Fsp3) is 0.0500. The van der Waals surface area contributed by atoms with Crippen LogP contribution in [0.1, 0.15) is 0 Å². The van der Waals surface area contributed by atoms with E-state index in [0.717, 1.165) is 10.2 Å². The summed E-state index contributed by atoms with van der Waals surface area (Å²) in [6, 6.07) is 24.1. The van der Waals surface area contributed by atoms with Gasteiger partial charge in [-0.3, -0.25) is 4.79 Å². The molecule has 0 aliphatic rings. The van der Waals surface area contributed by atoms with Crippen molar-refractivity contribution < 1.29 is 14.3 Å². The van der Waals surface area contributed by atoms with Gasteiger partial charge in [0, 0.05) is 5.69 Å². The van der Waals surface area contributed by atoms with Crippen LogP contribution in [0.2, 0.25) is 0 Å². The van der Waals surface area contributed by atoms with Crippen LogP contribution in [0.15, 0.2) is 83.3 Å². The molecule has 0 saturated carbocycles. The third-order valence-electron chi connectivity index (χ3n) is 3.31. The van der Waals surface area contributed by atoms with Crippen LogP contribution < -0.4 is 14.8 Å². The van der Waals surface area contributed by atoms with E-state index in [4.69, 9.17) is 9.47 Å². The van der Waals surface area contributed by atoms with Gasteiger partial charge in [0.25, 0.3) is 5.91 Å². The molecule has 0 aromatic heterocycles. The molecule has 0 spiro atoms. The zero-order valence-electron chi connectivity index (χ0n) is 13.3. The summed E-state index contributed by atoms with van der Waals surface area (Å²) in [4.78, 5) is 12.0. The number of carbonyl (C=O) groups excluding carboxylic acids is 1. The van der Waals surface area contributed by atoms with Crippen LogP contribution in [-0.4, -0.2) is 12.5 Å². The summed E-state index contributed by atoms with van der Waals surface area (Å²) in [6.07, 6.45) is 0. The third-order valence-corrected chi connectivity index (χ3v) is 3.97. The molecule has 3 aromatic carbocycles. The van der Waals surface area contributed by atoms with Gasteiger partial charge in [-0.1, -0.05) is 30.3 Å². The smallest absolute Gasteiger partial charge is 0.262 e. The molecule has 0 atom stereocenters. The normalized spacial score (nSPS) is 10.1. The van der Waals surface area contributed by atoms with Gasteiger partial charge >= 0.3 is 0 Å². The number of amides is 1. The number of hydrogen-bond acceptors (Lipinski definition) is 3. The average molecular weight is 398 g/mol. The van der Waals surface area contributed by atoms with Crippen molar-refractivity contribution in [3.8, 4) is 17.2 Å². The molecule has 0 fully saturated rings. The molecule has 1 N–H and O–H groups in total. The molecule has 5 heteroatoms. The lowest BCUT2D eigenvalue weighted by Gasteiger charge is -2.10. The maximum Gasteiger partial charge on any atom is 0.262 e. The minimum absolute atomic E-state index is 0.0646. The number of ether oxygens (including phenoxy) is 2. The standard InChI is InChI=1S/C20H16BrNO3/c21-18-8-4-5-9-19(18)24-14-20(23)22-15-10-12-17(13-11-15)25-16-6-2-1-3-7-16/h1-13H,14H2,(H,22,23). The fourth-order valence-corrected chi connectivity index (χ4v) is 2.53. The molecule has 126 valence electrons. The lowest BCUT2D eigenvalue weighted by molar-refractivity contribution is -0.118. The molecule has 0 bridgehead atoms. The Morgan fingerprint density at radius 3 is 2.20 bits per heavy atom. The molecule has 0 saturated heterocycles. The number of rotatable bonds is 6. The van der Waals surface area contributed by atoms with E-state index in [9.17, 15) is 4.79 Å². The SMILES string of the molecule is O=C(COc1ccccc1Br)Nc1ccc(Oc2ccccc2)cc1. The molecular formula is C20H16BrNO3. The number of halogens is 1. The van der Waals surface area contributed by atoms with Crippen molar-refractivity contribution >= 4 is 27.5 Å². The second-order valence-electron chi connectivity index (χ2n) is 5.21. The molecule has 0 radical (unpaired) electrons. The second-order valence-corrected chi connectivity index (χ2v) is 6.06. The van der Waals surface area contributed by atoms with Crippen molar-refractivity contribution in [2.75, 3.05) is 11.9 Å². The summed E-state index contributed by atoms with van der Waals surface area (Å²) in [5, 5.41) is 2.79. The van der Waals surface area contributed by atoms with Gasteiger partial charge in [-0.2, -0.15) is 0 Å². The average Bonchev–Trinajstić information content (AvgIpc) is 2.64. The highest BCUT2D eigenvalue weighted by Gasteiger charge is 2.06. The summed E-state index contributed by atoms with van der Waals surface area (Å²) in [5.41, 5.74) is 0.682. The van der Waals surface area contributed by atoms with E-state index in [2.05, 4.69) is 21.2 Å². The van der Waals surface area contributed by atoms with Gasteiger partial charge in [-0.05, 0) is 64.5 Å². The van der Waals surface area contributed by atoms with Crippen molar-refractivity contribution in [3.63, 3.8) is 0 Å². The summed E-state index contributed by atoms with van der Waals surface area (Å²) >= 11 is 3.38. The molecule has 0 heterocycles. The molecule has 0 aliphatic carbocycles. The van der Waals surface area contributed by atoms with Gasteiger partial charge in [0.05, 0.1) is 4.47 Å². The van der Waals surface area contributed by atoms with Crippen molar-refractivity contribution in [2.45, 2.75) is 0 Å². The Morgan fingerprint density at radius 2 is 1.48 bits per heavy atom. The number of anilines is 1. The second kappa shape index (κ2) is 8.35. The van der Waals surface area contributed by atoms with Crippen LogP contribution in [-0.2, 0) is 4.79 Å². The van der Waals surface area contributed by atoms with E-state index in [1.54, 1.807) is 30.3 Å². The Kier molecular flexibility index (Phi) is 5.69. The summed E-state index contributed by atoms with van der Waals surface area (Å²) in [7, 11) is 0. The Balaban J connectivity index is 1.52. The van der Waals surface area contributed by atoms with Gasteiger partial charge in [0.1, 0.15) is 17.2 Å². The van der Waals surface area contributed by atoms with E-state index in [0.29, 0.717) is 17.2 Å². The maximum absolute atomic E-state index is 12.0. The van der Waals surface area contributed by atoms with Gasteiger partial charge < -0.3 is 14.8 Å². The molecule has 1 amide bonds. The topological polar surface area (TPSA) is 47.6 Å². The fourth-order valence-electron chi connectivity index (χ4n) is 2.13. The molecule has 0 aliphatic heterocycles. The molecule has 0 unspecified atom stereocenters. The zero-order valence-corrected chi connectivity index (χ0v) is 14.9. The Labute approximate surface area is 154 Å². The van der Waals surface area contributed by atoms with Gasteiger partial charge in [-0.25, -0.2) is 0 Å². The minimum Gasteiger partial charge on any atom is -0.483 e. The van der Waals surface area contributed by atoms with Crippen LogP contribution >= 0.6 is 15.9 Å². The first-order valence-electron chi connectivity index (χ1n) is 7.71. The van der Waals surface area contributed by atoms with Crippen LogP contribution in [0.3, 0.4) is 0 Å². The number of carbonyl (C=O) groups is 1. The molecule has 25 heavy (non-hydrogen) atoms. The predicted octanol–water partition coefficient (Wildman–Crippen LogP) is 5.26. The monoisotopic (exact) mass is 397 g/mol. The highest BCUT2D eigenvalue weighted by Crippen LogP contribution is 2.24. The van der Waals surface area contributed by atoms with Crippen LogP contribution in [0.4, 0.5) is 5.69 Å². The lowest BCUT2D eigenvalue weighted by atomic mass is 10.3. The Bertz CT molecular complexity index is 835. The summed E-state index contributed by atoms with van der Waals surface area (Å²) < 4.78 is 12.0. The van der Waals surface area contributed by atoms with Crippen molar-refractivity contribution in [1.82, 2.24) is 0 Å². The highest BCUT2D eigenvalue weighted by molar-refractivity contribution is 9.10. The van der Waals surface area contributed by atoms with Gasteiger partial charge in [0.15, 0.2) is 6.61 Å². The van der Waals surface area contributed by atoms with Crippen molar-refractivity contribution in [2.24, 2.45) is 0 Å². The highest BCUT2D eigenvalue weighted by atomic mass is 79.9. The van der Waals surface area contributed by atoms with Gasteiger partial charge in [-0.15, -0.1) is 0 Å². The van der Waals surface area contributed by atoms with E-state index in [1.807, 2.05) is 48.5 Å². The molecule has 3 aromatic rings. The largest absolute Gasteiger partial charge is 0.483 e. The van der Waals surface area contributed by atoms with E-state index in [1.165, 1.54) is 0 Å². The quantitative estimate of drug-likeness (QED) is 0.616. The number of para-hydroxylation sites is 2. The van der Waals surface area contributed by atoms with Crippen molar-refractivity contribution in [3.05, 3.63) is 83.3 Å². The Morgan fingerprint density at radius 1 is 0.840 bits per heavy atom. The number of hydrogen-bond donors (Lipinski definition) is 1. The molecular weight excluding hydrogens is 382 g/mol. The van der Waals surface area contributed by atoms with Crippen LogP contribution in [0.25, 0.3) is 0 Å². The maximum atomic E-state index is 12.0.